The molecule has 106 valence electrons. The lowest BCUT2D eigenvalue weighted by atomic mass is 10.1. The summed E-state index contributed by atoms with van der Waals surface area (Å²) in [6.07, 6.45) is -0.674. The first-order valence-electron chi connectivity index (χ1n) is 6.25. The number of benzene rings is 1. The Hall–Kier alpha value is -1.62. The molecule has 4 nitrogen and oxygen atoms in total. The summed E-state index contributed by atoms with van der Waals surface area (Å²) in [6.45, 7) is 5.61. The molecule has 0 saturated heterocycles. The van der Waals surface area contributed by atoms with E-state index in [0.29, 0.717) is 5.75 Å². The molecule has 0 bridgehead atoms. The first kappa shape index (κ1) is 14.8. The standard InChI is InChI=1S/C15H16BrNO3/c1-8-7-9(2)17-14-12(6-5-11(16)13(8)14)20-10(3)15(18)19-4/h5-7,10H,1-4H3. The van der Waals surface area contributed by atoms with E-state index in [1.165, 1.54) is 7.11 Å². The average molecular weight is 338 g/mol. The molecule has 1 aromatic carbocycles. The van der Waals surface area contributed by atoms with Crippen molar-refractivity contribution in [2.75, 3.05) is 7.11 Å². The molecule has 1 aromatic heterocycles. The third kappa shape index (κ3) is 2.77. The Morgan fingerprint density at radius 3 is 2.70 bits per heavy atom. The van der Waals surface area contributed by atoms with E-state index < -0.39 is 12.1 Å². The third-order valence-electron chi connectivity index (χ3n) is 3.03. The number of pyridine rings is 1. The quantitative estimate of drug-likeness (QED) is 0.803. The zero-order chi connectivity index (χ0) is 14.9. The second-order valence-electron chi connectivity index (χ2n) is 4.63. The lowest BCUT2D eigenvalue weighted by Gasteiger charge is -2.15. The molecule has 1 atom stereocenters. The Morgan fingerprint density at radius 2 is 2.05 bits per heavy atom. The number of ether oxygens (including phenoxy) is 2. The third-order valence-corrected chi connectivity index (χ3v) is 3.70. The zero-order valence-electron chi connectivity index (χ0n) is 11.9. The van der Waals surface area contributed by atoms with Gasteiger partial charge in [-0.1, -0.05) is 15.9 Å². The molecule has 0 aliphatic carbocycles. The second-order valence-corrected chi connectivity index (χ2v) is 5.49. The summed E-state index contributed by atoms with van der Waals surface area (Å²) >= 11 is 3.53. The molecule has 0 amide bonds. The average Bonchev–Trinajstić information content (AvgIpc) is 2.40. The van der Waals surface area contributed by atoms with Crippen molar-refractivity contribution in [3.05, 3.63) is 33.9 Å². The van der Waals surface area contributed by atoms with Gasteiger partial charge in [-0.3, -0.25) is 0 Å². The van der Waals surface area contributed by atoms with Gasteiger partial charge in [-0.05, 0) is 44.5 Å². The number of fused-ring (bicyclic) bond motifs is 1. The lowest BCUT2D eigenvalue weighted by molar-refractivity contribution is -0.147. The number of aromatic nitrogens is 1. The van der Waals surface area contributed by atoms with Crippen LogP contribution in [0.4, 0.5) is 0 Å². The van der Waals surface area contributed by atoms with Crippen molar-refractivity contribution in [2.24, 2.45) is 0 Å². The van der Waals surface area contributed by atoms with Crippen LogP contribution in [0.1, 0.15) is 18.2 Å². The van der Waals surface area contributed by atoms with Crippen LogP contribution in [0.5, 0.6) is 5.75 Å². The maximum atomic E-state index is 11.5. The van der Waals surface area contributed by atoms with E-state index in [1.54, 1.807) is 13.0 Å². The first-order chi connectivity index (χ1) is 9.43. The Bertz CT molecular complexity index is 670. The number of nitrogens with zero attached hydrogens (tertiary/aromatic N) is 1. The van der Waals surface area contributed by atoms with Gasteiger partial charge in [0, 0.05) is 15.6 Å². The van der Waals surface area contributed by atoms with Gasteiger partial charge in [0.2, 0.25) is 0 Å². The van der Waals surface area contributed by atoms with Crippen LogP contribution in [0.3, 0.4) is 0 Å². The number of rotatable bonds is 3. The minimum Gasteiger partial charge on any atom is -0.477 e. The summed E-state index contributed by atoms with van der Waals surface area (Å²) in [4.78, 5) is 16.0. The van der Waals surface area contributed by atoms with E-state index in [-0.39, 0.29) is 0 Å². The molecule has 1 heterocycles. The summed E-state index contributed by atoms with van der Waals surface area (Å²) in [6, 6.07) is 5.71. The fraction of sp³-hybridized carbons (Fsp3) is 0.333. The van der Waals surface area contributed by atoms with Crippen LogP contribution in [-0.4, -0.2) is 24.2 Å². The van der Waals surface area contributed by atoms with Crippen LogP contribution >= 0.6 is 15.9 Å². The van der Waals surface area contributed by atoms with E-state index in [1.807, 2.05) is 26.0 Å². The molecule has 1 unspecified atom stereocenters. The van der Waals surface area contributed by atoms with Crippen LogP contribution in [0.25, 0.3) is 10.9 Å². The summed E-state index contributed by atoms with van der Waals surface area (Å²) in [5.74, 6) is 0.165. The molecule has 2 rings (SSSR count). The number of carbonyl (C=O) groups excluding carboxylic acids is 1. The predicted molar refractivity (Wildman–Crippen MR) is 81.0 cm³/mol. The van der Waals surface area contributed by atoms with E-state index in [4.69, 9.17) is 4.74 Å². The minimum absolute atomic E-state index is 0.412. The number of hydrogen-bond donors (Lipinski definition) is 0. The Morgan fingerprint density at radius 1 is 1.35 bits per heavy atom. The van der Waals surface area contributed by atoms with E-state index >= 15 is 0 Å². The van der Waals surface area contributed by atoms with Crippen molar-refractivity contribution in [1.82, 2.24) is 4.98 Å². The van der Waals surface area contributed by atoms with Gasteiger partial charge in [0.25, 0.3) is 0 Å². The van der Waals surface area contributed by atoms with Crippen LogP contribution in [-0.2, 0) is 9.53 Å². The number of esters is 1. The summed E-state index contributed by atoms with van der Waals surface area (Å²) in [7, 11) is 1.34. The molecular weight excluding hydrogens is 322 g/mol. The minimum atomic E-state index is -0.674. The molecule has 2 aromatic rings. The fourth-order valence-electron chi connectivity index (χ4n) is 2.13. The maximum absolute atomic E-state index is 11.5. The normalized spacial score (nSPS) is 12.2. The van der Waals surface area contributed by atoms with Crippen molar-refractivity contribution in [3.63, 3.8) is 0 Å². The highest BCUT2D eigenvalue weighted by atomic mass is 79.9. The number of carbonyl (C=O) groups is 1. The van der Waals surface area contributed by atoms with Gasteiger partial charge in [-0.2, -0.15) is 0 Å². The van der Waals surface area contributed by atoms with Gasteiger partial charge >= 0.3 is 5.97 Å². The van der Waals surface area contributed by atoms with E-state index in [2.05, 4.69) is 25.7 Å². The molecule has 0 spiro atoms. The number of aryl methyl sites for hydroxylation is 2. The molecule has 0 aliphatic heterocycles. The number of halogens is 1. The van der Waals surface area contributed by atoms with Crippen LogP contribution in [0.15, 0.2) is 22.7 Å². The molecule has 0 saturated carbocycles. The number of methoxy groups -OCH3 is 1. The van der Waals surface area contributed by atoms with Crippen LogP contribution < -0.4 is 4.74 Å². The molecule has 5 heteroatoms. The highest BCUT2D eigenvalue weighted by Crippen LogP contribution is 2.33. The van der Waals surface area contributed by atoms with Gasteiger partial charge in [0.05, 0.1) is 7.11 Å². The van der Waals surface area contributed by atoms with Crippen molar-refractivity contribution in [2.45, 2.75) is 26.9 Å². The van der Waals surface area contributed by atoms with Gasteiger partial charge in [0.15, 0.2) is 6.10 Å². The smallest absolute Gasteiger partial charge is 0.346 e. The molecule has 0 radical (unpaired) electrons. The highest BCUT2D eigenvalue weighted by molar-refractivity contribution is 9.10. The summed E-state index contributed by atoms with van der Waals surface area (Å²) in [5, 5.41) is 0.991. The SMILES string of the molecule is COC(=O)C(C)Oc1ccc(Br)c2c(C)cc(C)nc12. The predicted octanol–water partition coefficient (Wildman–Crippen LogP) is 3.55. The van der Waals surface area contributed by atoms with Gasteiger partial charge < -0.3 is 9.47 Å². The first-order valence-corrected chi connectivity index (χ1v) is 7.04. The van der Waals surface area contributed by atoms with E-state index in [0.717, 1.165) is 26.6 Å². The van der Waals surface area contributed by atoms with Crippen molar-refractivity contribution in [3.8, 4) is 5.75 Å². The topological polar surface area (TPSA) is 48.4 Å². The Kier molecular flexibility index (Phi) is 4.28. The molecule has 20 heavy (non-hydrogen) atoms. The summed E-state index contributed by atoms with van der Waals surface area (Å²) in [5.41, 5.74) is 2.76. The number of hydrogen-bond acceptors (Lipinski definition) is 4. The van der Waals surface area contributed by atoms with Crippen LogP contribution in [0, 0.1) is 13.8 Å². The monoisotopic (exact) mass is 337 g/mol. The summed E-state index contributed by atoms with van der Waals surface area (Å²) < 4.78 is 11.3. The molecule has 0 aliphatic rings. The molecule has 0 fully saturated rings. The molecule has 0 N–H and O–H groups in total. The van der Waals surface area contributed by atoms with Gasteiger partial charge in [-0.25, -0.2) is 9.78 Å². The Balaban J connectivity index is 2.55. The molecular formula is C15H16BrNO3. The highest BCUT2D eigenvalue weighted by Gasteiger charge is 2.18. The van der Waals surface area contributed by atoms with Gasteiger partial charge in [-0.15, -0.1) is 0 Å². The lowest BCUT2D eigenvalue weighted by Crippen LogP contribution is -2.25. The van der Waals surface area contributed by atoms with E-state index in [9.17, 15) is 4.79 Å². The van der Waals surface area contributed by atoms with Crippen molar-refractivity contribution in [1.29, 1.82) is 0 Å². The largest absolute Gasteiger partial charge is 0.477 e. The van der Waals surface area contributed by atoms with Crippen molar-refractivity contribution >= 4 is 32.8 Å². The zero-order valence-corrected chi connectivity index (χ0v) is 13.4. The van der Waals surface area contributed by atoms with Crippen molar-refractivity contribution < 1.29 is 14.3 Å². The fourth-order valence-corrected chi connectivity index (χ4v) is 2.76. The maximum Gasteiger partial charge on any atom is 0.346 e. The second kappa shape index (κ2) is 5.79. The van der Waals surface area contributed by atoms with Crippen LogP contribution in [0.2, 0.25) is 0 Å². The van der Waals surface area contributed by atoms with Gasteiger partial charge in [0.1, 0.15) is 11.3 Å². The Labute approximate surface area is 126 Å².